The minimum absolute atomic E-state index is 0.0108. The van der Waals surface area contributed by atoms with Crippen molar-refractivity contribution >= 4 is 11.7 Å². The number of urea groups is 1. The van der Waals surface area contributed by atoms with E-state index in [-0.39, 0.29) is 24.3 Å². The number of aromatic nitrogens is 1. The molecule has 1 fully saturated rings. The van der Waals surface area contributed by atoms with Gasteiger partial charge in [-0.1, -0.05) is 0 Å². The van der Waals surface area contributed by atoms with Crippen LogP contribution in [0.4, 0.5) is 10.5 Å². The molecule has 1 aliphatic carbocycles. The summed E-state index contributed by atoms with van der Waals surface area (Å²) in [4.78, 5) is 15.7. The van der Waals surface area contributed by atoms with E-state index >= 15 is 0 Å². The highest BCUT2D eigenvalue weighted by atomic mass is 16.5. The second-order valence-electron chi connectivity index (χ2n) is 4.37. The van der Waals surface area contributed by atoms with E-state index in [1.807, 2.05) is 6.92 Å². The summed E-state index contributed by atoms with van der Waals surface area (Å²) in [5.74, 6) is 0. The van der Waals surface area contributed by atoms with E-state index < -0.39 is 0 Å². The van der Waals surface area contributed by atoms with Crippen molar-refractivity contribution in [2.45, 2.75) is 31.6 Å². The number of nitrogens with one attached hydrogen (secondary N) is 2. The number of nitrogens with zero attached hydrogens (tertiary/aromatic N) is 1. The van der Waals surface area contributed by atoms with Crippen molar-refractivity contribution < 1.29 is 14.3 Å². The Bertz CT molecular complexity index is 413. The molecule has 3 unspecified atom stereocenters. The number of methoxy groups -OCH3 is 1. The first-order valence-corrected chi connectivity index (χ1v) is 6.36. The van der Waals surface area contributed by atoms with E-state index in [4.69, 9.17) is 9.47 Å². The topological polar surface area (TPSA) is 72.5 Å². The number of amides is 2. The Labute approximate surface area is 112 Å². The Hall–Kier alpha value is -1.66. The summed E-state index contributed by atoms with van der Waals surface area (Å²) in [7, 11) is 1.63. The van der Waals surface area contributed by atoms with Crippen molar-refractivity contribution in [1.82, 2.24) is 10.3 Å². The van der Waals surface area contributed by atoms with Crippen molar-refractivity contribution in [1.29, 1.82) is 0 Å². The van der Waals surface area contributed by atoms with Crippen molar-refractivity contribution in [3.8, 4) is 0 Å². The van der Waals surface area contributed by atoms with E-state index in [0.717, 1.165) is 6.42 Å². The Kier molecular flexibility index (Phi) is 4.70. The number of rotatable bonds is 5. The van der Waals surface area contributed by atoms with Crippen LogP contribution in [0.15, 0.2) is 24.5 Å². The van der Waals surface area contributed by atoms with Crippen molar-refractivity contribution in [3.63, 3.8) is 0 Å². The molecule has 2 N–H and O–H groups in total. The Morgan fingerprint density at radius 2 is 2.21 bits per heavy atom. The van der Waals surface area contributed by atoms with Gasteiger partial charge in [-0.3, -0.25) is 4.98 Å². The van der Waals surface area contributed by atoms with E-state index in [2.05, 4.69) is 15.6 Å². The second-order valence-corrected chi connectivity index (χ2v) is 4.37. The number of ether oxygens (including phenoxy) is 2. The summed E-state index contributed by atoms with van der Waals surface area (Å²) in [6.07, 6.45) is 4.02. The molecule has 2 amide bonds. The molecule has 1 saturated carbocycles. The molecule has 0 saturated heterocycles. The third-order valence-electron chi connectivity index (χ3n) is 3.16. The van der Waals surface area contributed by atoms with Gasteiger partial charge in [0.15, 0.2) is 0 Å². The molecule has 0 spiro atoms. The predicted molar refractivity (Wildman–Crippen MR) is 71.0 cm³/mol. The molecule has 104 valence electrons. The molecule has 19 heavy (non-hydrogen) atoms. The zero-order valence-electron chi connectivity index (χ0n) is 11.1. The minimum atomic E-state index is -0.242. The van der Waals surface area contributed by atoms with Crippen LogP contribution in [0.3, 0.4) is 0 Å². The van der Waals surface area contributed by atoms with E-state index in [1.165, 1.54) is 0 Å². The molecule has 6 nitrogen and oxygen atoms in total. The van der Waals surface area contributed by atoms with Gasteiger partial charge in [-0.15, -0.1) is 0 Å². The fourth-order valence-electron chi connectivity index (χ4n) is 2.19. The summed E-state index contributed by atoms with van der Waals surface area (Å²) >= 11 is 0. The van der Waals surface area contributed by atoms with Gasteiger partial charge in [0.2, 0.25) is 0 Å². The highest BCUT2D eigenvalue weighted by molar-refractivity contribution is 5.89. The zero-order chi connectivity index (χ0) is 13.7. The second kappa shape index (κ2) is 6.49. The molecule has 1 aliphatic rings. The van der Waals surface area contributed by atoms with Crippen LogP contribution in [0.5, 0.6) is 0 Å². The minimum Gasteiger partial charge on any atom is -0.377 e. The number of hydrogen-bond acceptors (Lipinski definition) is 4. The molecule has 2 rings (SSSR count). The molecule has 6 heteroatoms. The first-order valence-electron chi connectivity index (χ1n) is 6.36. The number of anilines is 1. The SMILES string of the molecule is CCOC1CC(NC(=O)Nc2ccncc2)C1OC. The summed E-state index contributed by atoms with van der Waals surface area (Å²) in [6.45, 7) is 2.60. The van der Waals surface area contributed by atoms with E-state index in [0.29, 0.717) is 12.3 Å². The smallest absolute Gasteiger partial charge is 0.319 e. The van der Waals surface area contributed by atoms with Gasteiger partial charge in [-0.2, -0.15) is 0 Å². The molecule has 1 aromatic rings. The molecular formula is C13H19N3O3. The van der Waals surface area contributed by atoms with Gasteiger partial charge in [0, 0.05) is 31.8 Å². The molecule has 1 aromatic heterocycles. The molecule has 0 radical (unpaired) electrons. The van der Waals surface area contributed by atoms with Crippen LogP contribution in [0, 0.1) is 0 Å². The quantitative estimate of drug-likeness (QED) is 0.844. The number of hydrogen-bond donors (Lipinski definition) is 2. The Morgan fingerprint density at radius 1 is 1.47 bits per heavy atom. The van der Waals surface area contributed by atoms with Gasteiger partial charge in [0.25, 0.3) is 0 Å². The van der Waals surface area contributed by atoms with Gasteiger partial charge in [-0.05, 0) is 25.5 Å². The number of pyridine rings is 1. The van der Waals surface area contributed by atoms with Crippen molar-refractivity contribution in [2.75, 3.05) is 19.0 Å². The third-order valence-corrected chi connectivity index (χ3v) is 3.16. The summed E-state index contributed by atoms with van der Waals surface area (Å²) in [5.41, 5.74) is 0.710. The van der Waals surface area contributed by atoms with Gasteiger partial charge >= 0.3 is 6.03 Å². The number of carbonyl (C=O) groups excluding carboxylic acids is 1. The monoisotopic (exact) mass is 265 g/mol. The van der Waals surface area contributed by atoms with Crippen LogP contribution in [-0.2, 0) is 9.47 Å². The van der Waals surface area contributed by atoms with Gasteiger partial charge < -0.3 is 20.1 Å². The van der Waals surface area contributed by atoms with E-state index in [9.17, 15) is 4.79 Å². The molecule has 0 aliphatic heterocycles. The average Bonchev–Trinajstić information content (AvgIpc) is 2.39. The van der Waals surface area contributed by atoms with Crippen LogP contribution in [-0.4, -0.2) is 43.0 Å². The third kappa shape index (κ3) is 3.42. The van der Waals surface area contributed by atoms with Crippen molar-refractivity contribution in [2.24, 2.45) is 0 Å². The fourth-order valence-corrected chi connectivity index (χ4v) is 2.19. The first kappa shape index (κ1) is 13.8. The Morgan fingerprint density at radius 3 is 2.84 bits per heavy atom. The molecule has 1 heterocycles. The largest absolute Gasteiger partial charge is 0.377 e. The van der Waals surface area contributed by atoms with Crippen LogP contribution < -0.4 is 10.6 Å². The average molecular weight is 265 g/mol. The summed E-state index contributed by atoms with van der Waals surface area (Å²) < 4.78 is 10.8. The molecule has 3 atom stereocenters. The highest BCUT2D eigenvalue weighted by Crippen LogP contribution is 2.26. The van der Waals surface area contributed by atoms with Crippen LogP contribution in [0.2, 0.25) is 0 Å². The first-order chi connectivity index (χ1) is 9.24. The normalized spacial score (nSPS) is 25.5. The predicted octanol–water partition coefficient (Wildman–Crippen LogP) is 1.40. The van der Waals surface area contributed by atoms with Gasteiger partial charge in [-0.25, -0.2) is 4.79 Å². The highest BCUT2D eigenvalue weighted by Gasteiger charge is 2.42. The summed E-state index contributed by atoms with van der Waals surface area (Å²) in [5, 5.41) is 5.62. The lowest BCUT2D eigenvalue weighted by Crippen LogP contribution is -2.61. The van der Waals surface area contributed by atoms with Crippen molar-refractivity contribution in [3.05, 3.63) is 24.5 Å². The summed E-state index contributed by atoms with van der Waals surface area (Å²) in [6, 6.07) is 3.21. The molecular weight excluding hydrogens is 246 g/mol. The maximum atomic E-state index is 11.8. The maximum absolute atomic E-state index is 11.8. The van der Waals surface area contributed by atoms with Crippen LogP contribution >= 0.6 is 0 Å². The maximum Gasteiger partial charge on any atom is 0.319 e. The Balaban J connectivity index is 1.80. The molecule has 0 bridgehead atoms. The lowest BCUT2D eigenvalue weighted by molar-refractivity contribution is -0.128. The standard InChI is InChI=1S/C13H19N3O3/c1-3-19-11-8-10(12(11)18-2)16-13(17)15-9-4-6-14-7-5-9/h4-7,10-12H,3,8H2,1-2H3,(H2,14,15,16,17). The van der Waals surface area contributed by atoms with Gasteiger partial charge in [0.1, 0.15) is 6.10 Å². The lowest BCUT2D eigenvalue weighted by Gasteiger charge is -2.43. The number of carbonyl (C=O) groups is 1. The lowest BCUT2D eigenvalue weighted by atomic mass is 9.85. The fraction of sp³-hybridized carbons (Fsp3) is 0.538. The van der Waals surface area contributed by atoms with Gasteiger partial charge in [0.05, 0.1) is 12.1 Å². The zero-order valence-corrected chi connectivity index (χ0v) is 11.1. The molecule has 0 aromatic carbocycles. The van der Waals surface area contributed by atoms with E-state index in [1.54, 1.807) is 31.6 Å². The van der Waals surface area contributed by atoms with Crippen LogP contribution in [0.1, 0.15) is 13.3 Å². The van der Waals surface area contributed by atoms with Crippen LogP contribution in [0.25, 0.3) is 0 Å².